The molecule has 9 rings (SSSR count). The summed E-state index contributed by atoms with van der Waals surface area (Å²) in [6.45, 7) is 10.4. The van der Waals surface area contributed by atoms with Crippen LogP contribution < -0.4 is 0 Å². The van der Waals surface area contributed by atoms with Gasteiger partial charge in [-0.2, -0.15) is 0 Å². The van der Waals surface area contributed by atoms with Gasteiger partial charge in [-0.15, -0.1) is 0 Å². The van der Waals surface area contributed by atoms with Gasteiger partial charge in [0.2, 0.25) is 0 Å². The normalized spacial score (nSPS) is 57.6. The Morgan fingerprint density at radius 3 is 2.05 bits per heavy atom. The SMILES string of the molecule is CC1O[C@@H](OC2C(O)[C@H](O[C@@H]3OC(CO)[C@@H](O)C(O)C3O)C(CO)O[C@H]2O[C@H]2CC[C@@]3(C)C(=CC[C@@H]4[C@@H]3CC[C@]3(C)C5C(C[C@@H]43)O[C@]3(CC[C@@H](C)CO3)[C@H]5C)C2)C(O)C(O)[C@H]1O. The molecule has 354 valence electrons. The topological polar surface area (TPSA) is 256 Å². The van der Waals surface area contributed by atoms with E-state index in [1.807, 2.05) is 0 Å². The Kier molecular flexibility index (Phi) is 12.9. The minimum atomic E-state index is -1.82. The molecule has 17 heteroatoms. The molecule has 62 heavy (non-hydrogen) atoms. The van der Waals surface area contributed by atoms with E-state index < -0.39 is 111 Å². The largest absolute Gasteiger partial charge is 0.394 e. The van der Waals surface area contributed by atoms with Gasteiger partial charge in [0.05, 0.1) is 38.1 Å². The second-order valence-electron chi connectivity index (χ2n) is 21.1. The molecule has 8 fully saturated rings. The Hall–Kier alpha value is -0.940. The van der Waals surface area contributed by atoms with Crippen molar-refractivity contribution < 1.29 is 83.9 Å². The summed E-state index contributed by atoms with van der Waals surface area (Å²) >= 11 is 0. The van der Waals surface area contributed by atoms with Crippen molar-refractivity contribution in [2.75, 3.05) is 19.8 Å². The molecule has 3 saturated carbocycles. The average Bonchev–Trinajstić information content (AvgIpc) is 3.70. The predicted octanol–water partition coefficient (Wildman–Crippen LogP) is 0.214. The second kappa shape index (κ2) is 17.3. The maximum absolute atomic E-state index is 12.0. The quantitative estimate of drug-likeness (QED) is 0.148. The fraction of sp³-hybridized carbons (Fsp3) is 0.956. The number of hydrogen-bond donors (Lipinski definition) is 9. The highest BCUT2D eigenvalue weighted by molar-refractivity contribution is 5.26. The van der Waals surface area contributed by atoms with Gasteiger partial charge in [-0.1, -0.05) is 39.3 Å². The van der Waals surface area contributed by atoms with Gasteiger partial charge in [-0.25, -0.2) is 0 Å². The summed E-state index contributed by atoms with van der Waals surface area (Å²) in [6.07, 6.45) is -12.0. The average molecular weight is 885 g/mol. The molecule has 5 heterocycles. The van der Waals surface area contributed by atoms with Crippen molar-refractivity contribution in [3.8, 4) is 0 Å². The first kappa shape index (κ1) is 46.2. The summed E-state index contributed by atoms with van der Waals surface area (Å²) in [6, 6.07) is 0. The molecule has 9 aliphatic rings. The van der Waals surface area contributed by atoms with Crippen LogP contribution in [-0.2, 0) is 37.9 Å². The van der Waals surface area contributed by atoms with Crippen LogP contribution in [0.1, 0.15) is 92.4 Å². The highest BCUT2D eigenvalue weighted by Gasteiger charge is 2.69. The molecule has 0 aromatic rings. The number of aliphatic hydroxyl groups excluding tert-OH is 9. The third kappa shape index (κ3) is 7.49. The molecule has 17 nitrogen and oxygen atoms in total. The van der Waals surface area contributed by atoms with Gasteiger partial charge in [0.15, 0.2) is 24.7 Å². The Balaban J connectivity index is 0.917. The van der Waals surface area contributed by atoms with Crippen LogP contribution in [0, 0.1) is 46.3 Å². The molecule has 5 saturated heterocycles. The van der Waals surface area contributed by atoms with Crippen molar-refractivity contribution in [1.82, 2.24) is 0 Å². The number of aliphatic hydroxyl groups is 9. The van der Waals surface area contributed by atoms with Crippen LogP contribution >= 0.6 is 0 Å². The third-order valence-corrected chi connectivity index (χ3v) is 17.7. The Morgan fingerprint density at radius 2 is 1.35 bits per heavy atom. The third-order valence-electron chi connectivity index (χ3n) is 17.7. The van der Waals surface area contributed by atoms with E-state index in [2.05, 4.69) is 33.8 Å². The monoisotopic (exact) mass is 884 g/mol. The van der Waals surface area contributed by atoms with Crippen LogP contribution in [-0.4, -0.2) is 176 Å². The van der Waals surface area contributed by atoms with E-state index >= 15 is 0 Å². The fourth-order valence-electron chi connectivity index (χ4n) is 14.0. The van der Waals surface area contributed by atoms with E-state index in [0.29, 0.717) is 48.3 Å². The first-order chi connectivity index (χ1) is 29.4. The molecule has 5 aliphatic heterocycles. The molecule has 0 radical (unpaired) electrons. The minimum absolute atomic E-state index is 0.0356. The van der Waals surface area contributed by atoms with Crippen molar-refractivity contribution in [3.05, 3.63) is 11.6 Å². The number of allylic oxidation sites excluding steroid dienone is 1. The van der Waals surface area contributed by atoms with Crippen molar-refractivity contribution in [1.29, 1.82) is 0 Å². The van der Waals surface area contributed by atoms with Crippen LogP contribution in [0.3, 0.4) is 0 Å². The zero-order valence-corrected chi connectivity index (χ0v) is 36.6. The molecule has 9 N–H and O–H groups in total. The maximum atomic E-state index is 12.0. The molecule has 26 atom stereocenters. The lowest BCUT2D eigenvalue weighted by atomic mass is 9.47. The smallest absolute Gasteiger partial charge is 0.187 e. The lowest BCUT2D eigenvalue weighted by molar-refractivity contribution is -0.389. The van der Waals surface area contributed by atoms with Crippen LogP contribution in [0.15, 0.2) is 11.6 Å². The fourth-order valence-corrected chi connectivity index (χ4v) is 14.0. The first-order valence-electron chi connectivity index (χ1n) is 23.4. The summed E-state index contributed by atoms with van der Waals surface area (Å²) in [7, 11) is 0. The second-order valence-corrected chi connectivity index (χ2v) is 21.1. The van der Waals surface area contributed by atoms with Gasteiger partial charge < -0.3 is 83.9 Å². The minimum Gasteiger partial charge on any atom is -0.394 e. The summed E-state index contributed by atoms with van der Waals surface area (Å²) in [5, 5.41) is 95.7. The van der Waals surface area contributed by atoms with E-state index in [-0.39, 0.29) is 23.0 Å². The van der Waals surface area contributed by atoms with E-state index in [9.17, 15) is 46.0 Å². The zero-order valence-electron chi connectivity index (χ0n) is 36.6. The summed E-state index contributed by atoms with van der Waals surface area (Å²) in [5.41, 5.74) is 1.48. The molecule has 0 bridgehead atoms. The first-order valence-corrected chi connectivity index (χ1v) is 23.4. The van der Waals surface area contributed by atoms with Gasteiger partial charge in [-0.3, -0.25) is 0 Å². The zero-order chi connectivity index (χ0) is 44.2. The van der Waals surface area contributed by atoms with E-state index in [4.69, 9.17) is 37.9 Å². The lowest BCUT2D eigenvalue weighted by Gasteiger charge is -2.58. The molecular formula is C45H72O17. The van der Waals surface area contributed by atoms with E-state index in [1.54, 1.807) is 0 Å². The highest BCUT2D eigenvalue weighted by Crippen LogP contribution is 2.70. The van der Waals surface area contributed by atoms with Gasteiger partial charge in [-0.05, 0) is 98.7 Å². The Bertz CT molecular complexity index is 1610. The highest BCUT2D eigenvalue weighted by atomic mass is 16.8. The molecule has 4 aliphatic carbocycles. The van der Waals surface area contributed by atoms with Crippen LogP contribution in [0.4, 0.5) is 0 Å². The molecule has 0 aromatic carbocycles. The van der Waals surface area contributed by atoms with Gasteiger partial charge >= 0.3 is 0 Å². The summed E-state index contributed by atoms with van der Waals surface area (Å²) in [5.74, 6) is 2.56. The standard InChI is InChI=1S/C45H72O17/c1-19-8-13-45(55-18-19)20(2)30-27(62-45)15-26-24-7-6-22-14-23(9-11-43(22,4)25(24)10-12-44(26,30)5)57-42-39(61-40-35(52)33(50)31(48)21(3)56-40)37(54)38(29(17-47)59-42)60-41-36(53)34(51)32(49)28(16-46)58-41/h6,19-21,23-42,46-54H,7-18H2,1-5H3/t19-,20+,21?,23+,24-,25+,26+,27?,28?,29?,30?,31+,32-,33?,34?,35?,36?,37?,38-,39?,40+,41+,42-,43+,44+,45-/m1/s1. The van der Waals surface area contributed by atoms with Crippen molar-refractivity contribution in [3.63, 3.8) is 0 Å². The number of ether oxygens (including phenoxy) is 8. The van der Waals surface area contributed by atoms with Crippen molar-refractivity contribution in [2.45, 2.75) is 203 Å². The Morgan fingerprint density at radius 1 is 0.677 bits per heavy atom. The molecule has 0 aromatic heterocycles. The molecule has 1 spiro atoms. The molecular weight excluding hydrogens is 812 g/mol. The van der Waals surface area contributed by atoms with Crippen molar-refractivity contribution in [2.24, 2.45) is 46.3 Å². The summed E-state index contributed by atoms with van der Waals surface area (Å²) in [4.78, 5) is 0. The van der Waals surface area contributed by atoms with Crippen LogP contribution in [0.2, 0.25) is 0 Å². The van der Waals surface area contributed by atoms with E-state index in [1.165, 1.54) is 12.5 Å². The van der Waals surface area contributed by atoms with Gasteiger partial charge in [0, 0.05) is 12.3 Å². The number of hydrogen-bond acceptors (Lipinski definition) is 17. The Labute approximate surface area is 363 Å². The van der Waals surface area contributed by atoms with Gasteiger partial charge in [0.25, 0.3) is 0 Å². The van der Waals surface area contributed by atoms with E-state index in [0.717, 1.165) is 51.6 Å². The predicted molar refractivity (Wildman–Crippen MR) is 214 cm³/mol. The van der Waals surface area contributed by atoms with Gasteiger partial charge in [0.1, 0.15) is 67.1 Å². The molecule has 0 amide bonds. The van der Waals surface area contributed by atoms with Crippen molar-refractivity contribution >= 4 is 0 Å². The number of fused-ring (bicyclic) bond motifs is 7. The van der Waals surface area contributed by atoms with Crippen LogP contribution in [0.5, 0.6) is 0 Å². The van der Waals surface area contributed by atoms with Crippen LogP contribution in [0.25, 0.3) is 0 Å². The molecule has 11 unspecified atom stereocenters. The summed E-state index contributed by atoms with van der Waals surface area (Å²) < 4.78 is 49.9. The maximum Gasteiger partial charge on any atom is 0.187 e. The number of rotatable bonds is 8. The lowest BCUT2D eigenvalue weighted by Crippen LogP contribution is -2.67.